The van der Waals surface area contributed by atoms with Crippen LogP contribution in [0.3, 0.4) is 0 Å². The molecule has 108 valence electrons. The van der Waals surface area contributed by atoms with Crippen LogP contribution >= 0.6 is 0 Å². The molecule has 0 saturated carbocycles. The lowest BCUT2D eigenvalue weighted by Gasteiger charge is -2.09. The number of para-hydroxylation sites is 1. The Morgan fingerprint density at radius 2 is 1.90 bits per heavy atom. The highest BCUT2D eigenvalue weighted by Gasteiger charge is 2.19. The van der Waals surface area contributed by atoms with Gasteiger partial charge in [0, 0.05) is 28.4 Å². The Kier molecular flexibility index (Phi) is 3.39. The molecule has 0 bridgehead atoms. The van der Waals surface area contributed by atoms with E-state index in [-0.39, 0.29) is 0 Å². The van der Waals surface area contributed by atoms with Gasteiger partial charge in [0.1, 0.15) is 0 Å². The van der Waals surface area contributed by atoms with Crippen molar-refractivity contribution in [2.45, 2.75) is 19.6 Å². The first kappa shape index (κ1) is 13.6. The summed E-state index contributed by atoms with van der Waals surface area (Å²) in [6.45, 7) is 2.96. The number of nitrogens with zero attached hydrogens (tertiary/aromatic N) is 1. The van der Waals surface area contributed by atoms with Gasteiger partial charge >= 0.3 is 5.97 Å². The summed E-state index contributed by atoms with van der Waals surface area (Å²) in [4.78, 5) is 11.5. The number of benzene rings is 2. The molecule has 1 atom stereocenters. The number of ether oxygens (including phenoxy) is 1. The molecule has 4 heteroatoms. The van der Waals surface area contributed by atoms with Crippen LogP contribution in [-0.4, -0.2) is 22.8 Å². The molecule has 3 rings (SSSR count). The summed E-state index contributed by atoms with van der Waals surface area (Å²) >= 11 is 0. The number of aliphatic hydroxyl groups is 1. The maximum atomic E-state index is 11.5. The van der Waals surface area contributed by atoms with Crippen LogP contribution in [0.5, 0.6) is 0 Å². The molecule has 0 fully saturated rings. The molecule has 0 spiro atoms. The summed E-state index contributed by atoms with van der Waals surface area (Å²) in [6, 6.07) is 13.7. The number of rotatable bonds is 3. The Morgan fingerprint density at radius 1 is 1.19 bits per heavy atom. The monoisotopic (exact) mass is 283 g/mol. The Morgan fingerprint density at radius 3 is 2.62 bits per heavy atom. The van der Waals surface area contributed by atoms with Gasteiger partial charge in [0.25, 0.3) is 0 Å². The largest absolute Gasteiger partial charge is 0.467 e. The number of methoxy groups -OCH3 is 1. The minimum absolute atomic E-state index is 0.549. The predicted octanol–water partition coefficient (Wildman–Crippen LogP) is 3.02. The third-order valence-corrected chi connectivity index (χ3v) is 3.85. The molecule has 0 aliphatic carbocycles. The van der Waals surface area contributed by atoms with Crippen LogP contribution < -0.4 is 0 Å². The van der Waals surface area contributed by atoms with E-state index in [4.69, 9.17) is 0 Å². The average molecular weight is 283 g/mol. The number of hydrogen-bond donors (Lipinski definition) is 1. The number of carbonyl (C=O) groups is 1. The van der Waals surface area contributed by atoms with Crippen molar-refractivity contribution in [2.75, 3.05) is 7.11 Å². The minimum atomic E-state index is -1.25. The van der Waals surface area contributed by atoms with E-state index >= 15 is 0 Å². The van der Waals surface area contributed by atoms with Crippen LogP contribution in [0.15, 0.2) is 42.5 Å². The smallest absolute Gasteiger partial charge is 0.339 e. The van der Waals surface area contributed by atoms with Gasteiger partial charge in [-0.05, 0) is 30.7 Å². The molecule has 0 aliphatic rings. The van der Waals surface area contributed by atoms with Crippen LogP contribution in [0, 0.1) is 0 Å². The van der Waals surface area contributed by atoms with E-state index in [0.29, 0.717) is 5.56 Å². The van der Waals surface area contributed by atoms with Gasteiger partial charge in [-0.25, -0.2) is 4.79 Å². The summed E-state index contributed by atoms with van der Waals surface area (Å²) in [6.07, 6.45) is -1.25. The zero-order valence-electron chi connectivity index (χ0n) is 12.0. The van der Waals surface area contributed by atoms with E-state index in [1.807, 2.05) is 24.3 Å². The van der Waals surface area contributed by atoms with Crippen molar-refractivity contribution in [3.05, 3.63) is 48.0 Å². The van der Waals surface area contributed by atoms with Gasteiger partial charge in [0.05, 0.1) is 7.11 Å². The second-order valence-corrected chi connectivity index (χ2v) is 4.96. The molecule has 1 aromatic heterocycles. The van der Waals surface area contributed by atoms with Crippen molar-refractivity contribution >= 4 is 27.8 Å². The Hall–Kier alpha value is -2.33. The third-order valence-electron chi connectivity index (χ3n) is 3.85. The van der Waals surface area contributed by atoms with Gasteiger partial charge in [-0.3, -0.25) is 0 Å². The fourth-order valence-corrected chi connectivity index (χ4v) is 2.83. The second-order valence-electron chi connectivity index (χ2n) is 4.96. The molecule has 3 aromatic rings. The van der Waals surface area contributed by atoms with E-state index in [9.17, 15) is 9.90 Å². The first-order valence-corrected chi connectivity index (χ1v) is 6.94. The normalized spacial score (nSPS) is 12.7. The van der Waals surface area contributed by atoms with Crippen molar-refractivity contribution in [2.24, 2.45) is 0 Å². The highest BCUT2D eigenvalue weighted by molar-refractivity contribution is 6.08. The van der Waals surface area contributed by atoms with Gasteiger partial charge in [-0.2, -0.15) is 0 Å². The standard InChI is InChI=1S/C17H17NO3/c1-3-18-14-7-5-4-6-12(14)13-10-11(8-9-15(13)18)16(19)17(20)21-2/h4-10,16,19H,3H2,1-2H3. The quantitative estimate of drug-likeness (QED) is 0.752. The molecular formula is C17H17NO3. The Bertz CT molecular complexity index is 819. The molecule has 1 N–H and O–H groups in total. The highest BCUT2D eigenvalue weighted by atomic mass is 16.5. The van der Waals surface area contributed by atoms with Gasteiger partial charge in [0.2, 0.25) is 0 Å². The molecular weight excluding hydrogens is 266 g/mol. The molecule has 0 saturated heterocycles. The molecule has 21 heavy (non-hydrogen) atoms. The fraction of sp³-hybridized carbons (Fsp3) is 0.235. The lowest BCUT2D eigenvalue weighted by Crippen LogP contribution is -2.13. The highest BCUT2D eigenvalue weighted by Crippen LogP contribution is 2.31. The number of carbonyl (C=O) groups excluding carboxylic acids is 1. The van der Waals surface area contributed by atoms with Crippen LogP contribution in [0.1, 0.15) is 18.6 Å². The molecule has 0 radical (unpaired) electrons. The zero-order chi connectivity index (χ0) is 15.0. The second kappa shape index (κ2) is 5.22. The van der Waals surface area contributed by atoms with Crippen molar-refractivity contribution in [1.82, 2.24) is 4.57 Å². The average Bonchev–Trinajstić information content (AvgIpc) is 2.86. The van der Waals surface area contributed by atoms with Crippen LogP contribution in [0.25, 0.3) is 21.8 Å². The molecule has 2 aromatic carbocycles. The SMILES string of the molecule is CCn1c2ccccc2c2cc(C(O)C(=O)OC)ccc21. The predicted molar refractivity (Wildman–Crippen MR) is 82.1 cm³/mol. The number of aliphatic hydroxyl groups excluding tert-OH is 1. The Labute approximate surface area is 122 Å². The van der Waals surface area contributed by atoms with E-state index in [1.54, 1.807) is 6.07 Å². The van der Waals surface area contributed by atoms with Crippen molar-refractivity contribution in [1.29, 1.82) is 0 Å². The molecule has 1 heterocycles. The Balaban J connectivity index is 2.26. The van der Waals surface area contributed by atoms with E-state index in [1.165, 1.54) is 7.11 Å². The zero-order valence-corrected chi connectivity index (χ0v) is 12.0. The van der Waals surface area contributed by atoms with Crippen molar-refractivity contribution in [3.8, 4) is 0 Å². The lowest BCUT2D eigenvalue weighted by molar-refractivity contribution is -0.150. The van der Waals surface area contributed by atoms with Crippen LogP contribution in [-0.2, 0) is 16.1 Å². The lowest BCUT2D eigenvalue weighted by atomic mass is 10.1. The van der Waals surface area contributed by atoms with Gasteiger partial charge in [0.15, 0.2) is 6.10 Å². The van der Waals surface area contributed by atoms with E-state index < -0.39 is 12.1 Å². The summed E-state index contributed by atoms with van der Waals surface area (Å²) < 4.78 is 6.82. The number of esters is 1. The number of fused-ring (bicyclic) bond motifs is 3. The van der Waals surface area contributed by atoms with Gasteiger partial charge in [-0.1, -0.05) is 24.3 Å². The number of hydrogen-bond acceptors (Lipinski definition) is 3. The summed E-state index contributed by atoms with van der Waals surface area (Å²) in [5.74, 6) is -0.645. The van der Waals surface area contributed by atoms with Gasteiger partial charge in [-0.15, -0.1) is 0 Å². The maximum Gasteiger partial charge on any atom is 0.339 e. The topological polar surface area (TPSA) is 51.5 Å². The minimum Gasteiger partial charge on any atom is -0.467 e. The first-order chi connectivity index (χ1) is 10.2. The fourth-order valence-electron chi connectivity index (χ4n) is 2.83. The first-order valence-electron chi connectivity index (χ1n) is 6.94. The van der Waals surface area contributed by atoms with E-state index in [2.05, 4.69) is 28.4 Å². The van der Waals surface area contributed by atoms with Gasteiger partial charge < -0.3 is 14.4 Å². The third kappa shape index (κ3) is 2.08. The molecule has 0 aliphatic heterocycles. The molecule has 0 amide bonds. The maximum absolute atomic E-state index is 11.5. The number of aromatic nitrogens is 1. The summed E-state index contributed by atoms with van der Waals surface area (Å²) in [7, 11) is 1.27. The molecule has 4 nitrogen and oxygen atoms in total. The summed E-state index contributed by atoms with van der Waals surface area (Å²) in [5.41, 5.74) is 2.80. The number of aryl methyl sites for hydroxylation is 1. The van der Waals surface area contributed by atoms with Crippen LogP contribution in [0.4, 0.5) is 0 Å². The van der Waals surface area contributed by atoms with Crippen LogP contribution in [0.2, 0.25) is 0 Å². The molecule has 1 unspecified atom stereocenters. The van der Waals surface area contributed by atoms with Crippen molar-refractivity contribution < 1.29 is 14.6 Å². The van der Waals surface area contributed by atoms with E-state index in [0.717, 1.165) is 28.4 Å². The van der Waals surface area contributed by atoms with Crippen molar-refractivity contribution in [3.63, 3.8) is 0 Å². The summed E-state index contributed by atoms with van der Waals surface area (Å²) in [5, 5.41) is 12.2.